The number of likely N-dealkylation sites (tertiary alicyclic amines) is 1. The van der Waals surface area contributed by atoms with Crippen molar-refractivity contribution in [3.8, 4) is 0 Å². The van der Waals surface area contributed by atoms with Crippen molar-refractivity contribution in [2.24, 2.45) is 5.92 Å². The molecule has 2 aliphatic carbocycles. The van der Waals surface area contributed by atoms with Gasteiger partial charge in [0.1, 0.15) is 5.82 Å². The predicted molar refractivity (Wildman–Crippen MR) is 102 cm³/mol. The van der Waals surface area contributed by atoms with E-state index in [0.717, 1.165) is 56.2 Å². The van der Waals surface area contributed by atoms with Gasteiger partial charge in [-0.1, -0.05) is 0 Å². The van der Waals surface area contributed by atoms with Gasteiger partial charge in [0.25, 0.3) is 5.56 Å². The van der Waals surface area contributed by atoms with E-state index in [-0.39, 0.29) is 5.56 Å². The van der Waals surface area contributed by atoms with Gasteiger partial charge >= 0.3 is 0 Å². The normalized spacial score (nSPS) is 21.5. The summed E-state index contributed by atoms with van der Waals surface area (Å²) in [6, 6.07) is 5.66. The largest absolute Gasteiger partial charge is 0.297 e. The SMILES string of the molecule is O=c1ccc(C2CC2)nn1CC1CCN(Cc2ccnc(C3CC3)n2)CC1. The smallest absolute Gasteiger partial charge is 0.266 e. The number of piperidine rings is 1. The topological polar surface area (TPSA) is 63.9 Å². The molecule has 2 saturated carbocycles. The van der Waals surface area contributed by atoms with Crippen LogP contribution < -0.4 is 5.56 Å². The predicted octanol–water partition coefficient (Wildman–Crippen LogP) is 2.70. The molecule has 1 saturated heterocycles. The van der Waals surface area contributed by atoms with E-state index in [1.165, 1.54) is 25.7 Å². The van der Waals surface area contributed by atoms with Crippen molar-refractivity contribution in [3.63, 3.8) is 0 Å². The molecule has 5 rings (SSSR count). The van der Waals surface area contributed by atoms with Crippen LogP contribution in [0.4, 0.5) is 0 Å². The molecule has 0 unspecified atom stereocenters. The van der Waals surface area contributed by atoms with Crippen LogP contribution in [0.2, 0.25) is 0 Å². The number of nitrogens with zero attached hydrogens (tertiary/aromatic N) is 5. The van der Waals surface area contributed by atoms with E-state index in [1.807, 2.05) is 18.3 Å². The number of aromatic nitrogens is 4. The number of rotatable bonds is 6. The Labute approximate surface area is 159 Å². The summed E-state index contributed by atoms with van der Waals surface area (Å²) >= 11 is 0. The summed E-state index contributed by atoms with van der Waals surface area (Å²) in [4.78, 5) is 23.8. The highest BCUT2D eigenvalue weighted by molar-refractivity contribution is 5.13. The van der Waals surface area contributed by atoms with Crippen molar-refractivity contribution in [3.05, 3.63) is 52.0 Å². The molecule has 3 heterocycles. The quantitative estimate of drug-likeness (QED) is 0.787. The standard InChI is InChI=1S/C21H27N5O/c27-20-6-5-19(16-1-2-16)24-26(20)13-15-8-11-25(12-9-15)14-18-7-10-22-21(23-18)17-3-4-17/h5-7,10,15-17H,1-4,8-9,11-14H2. The van der Waals surface area contributed by atoms with E-state index >= 15 is 0 Å². The van der Waals surface area contributed by atoms with E-state index in [0.29, 0.717) is 17.8 Å². The molecule has 2 aromatic heterocycles. The van der Waals surface area contributed by atoms with Gasteiger partial charge < -0.3 is 0 Å². The summed E-state index contributed by atoms with van der Waals surface area (Å²) in [6.45, 7) is 3.78. The molecule has 0 bridgehead atoms. The highest BCUT2D eigenvalue weighted by Gasteiger charge is 2.28. The van der Waals surface area contributed by atoms with Gasteiger partial charge in [0.05, 0.1) is 11.4 Å². The minimum absolute atomic E-state index is 0.0374. The first-order valence-electron chi connectivity index (χ1n) is 10.4. The van der Waals surface area contributed by atoms with Crippen molar-refractivity contribution in [1.29, 1.82) is 0 Å². The van der Waals surface area contributed by atoms with Crippen molar-refractivity contribution in [2.45, 2.75) is 63.5 Å². The average molecular weight is 365 g/mol. The third-order valence-corrected chi connectivity index (χ3v) is 6.08. The zero-order valence-corrected chi connectivity index (χ0v) is 15.8. The van der Waals surface area contributed by atoms with Crippen LogP contribution in [0.25, 0.3) is 0 Å². The second-order valence-corrected chi connectivity index (χ2v) is 8.45. The highest BCUT2D eigenvalue weighted by atomic mass is 16.1. The van der Waals surface area contributed by atoms with Gasteiger partial charge in [-0.15, -0.1) is 0 Å². The summed E-state index contributed by atoms with van der Waals surface area (Å²) < 4.78 is 1.71. The van der Waals surface area contributed by atoms with Crippen molar-refractivity contribution in [2.75, 3.05) is 13.1 Å². The van der Waals surface area contributed by atoms with Crippen LogP contribution in [-0.4, -0.2) is 37.7 Å². The van der Waals surface area contributed by atoms with Gasteiger partial charge in [0.15, 0.2) is 0 Å². The van der Waals surface area contributed by atoms with E-state index in [2.05, 4.69) is 15.0 Å². The van der Waals surface area contributed by atoms with Gasteiger partial charge in [0.2, 0.25) is 0 Å². The Hall–Kier alpha value is -2.08. The third-order valence-electron chi connectivity index (χ3n) is 6.08. The molecule has 0 atom stereocenters. The lowest BCUT2D eigenvalue weighted by atomic mass is 9.96. The summed E-state index contributed by atoms with van der Waals surface area (Å²) in [7, 11) is 0. The molecule has 6 heteroatoms. The van der Waals surface area contributed by atoms with Crippen LogP contribution in [-0.2, 0) is 13.1 Å². The van der Waals surface area contributed by atoms with Gasteiger partial charge in [-0.2, -0.15) is 5.10 Å². The van der Waals surface area contributed by atoms with Crippen LogP contribution in [0.1, 0.15) is 67.6 Å². The fraction of sp³-hybridized carbons (Fsp3) is 0.619. The van der Waals surface area contributed by atoms with Crippen LogP contribution in [0.3, 0.4) is 0 Å². The lowest BCUT2D eigenvalue weighted by Crippen LogP contribution is -2.36. The molecular weight excluding hydrogens is 338 g/mol. The summed E-state index contributed by atoms with van der Waals surface area (Å²) in [6.07, 6.45) is 9.05. The van der Waals surface area contributed by atoms with Crippen molar-refractivity contribution < 1.29 is 0 Å². The minimum Gasteiger partial charge on any atom is -0.297 e. The maximum Gasteiger partial charge on any atom is 0.266 e. The Bertz CT molecular complexity index is 863. The first-order valence-corrected chi connectivity index (χ1v) is 10.4. The van der Waals surface area contributed by atoms with Gasteiger partial charge in [0, 0.05) is 37.2 Å². The van der Waals surface area contributed by atoms with Gasteiger partial charge in [-0.05, 0) is 69.7 Å². The second kappa shape index (κ2) is 7.15. The fourth-order valence-corrected chi connectivity index (χ4v) is 4.03. The van der Waals surface area contributed by atoms with Crippen LogP contribution in [0, 0.1) is 5.92 Å². The van der Waals surface area contributed by atoms with E-state index in [9.17, 15) is 4.79 Å². The van der Waals surface area contributed by atoms with Gasteiger partial charge in [-0.25, -0.2) is 14.6 Å². The molecule has 0 aromatic carbocycles. The molecule has 0 radical (unpaired) electrons. The van der Waals surface area contributed by atoms with Crippen LogP contribution in [0.15, 0.2) is 29.2 Å². The molecule has 27 heavy (non-hydrogen) atoms. The molecule has 142 valence electrons. The maximum absolute atomic E-state index is 12.2. The lowest BCUT2D eigenvalue weighted by Gasteiger charge is -2.31. The number of hydrogen-bond donors (Lipinski definition) is 0. The zero-order chi connectivity index (χ0) is 18.2. The molecule has 0 N–H and O–H groups in total. The van der Waals surface area contributed by atoms with E-state index in [1.54, 1.807) is 10.7 Å². The minimum atomic E-state index is 0.0374. The Kier molecular flexibility index (Phi) is 4.52. The monoisotopic (exact) mass is 365 g/mol. The number of hydrogen-bond acceptors (Lipinski definition) is 5. The first kappa shape index (κ1) is 17.0. The van der Waals surface area contributed by atoms with Crippen LogP contribution in [0.5, 0.6) is 0 Å². The van der Waals surface area contributed by atoms with E-state index < -0.39 is 0 Å². The molecule has 3 fully saturated rings. The Morgan fingerprint density at radius 3 is 2.48 bits per heavy atom. The Balaban J connectivity index is 1.16. The average Bonchev–Trinajstić information content (AvgIpc) is 3.57. The Morgan fingerprint density at radius 2 is 1.74 bits per heavy atom. The lowest BCUT2D eigenvalue weighted by molar-refractivity contribution is 0.161. The summed E-state index contributed by atoms with van der Waals surface area (Å²) in [5.41, 5.74) is 2.28. The van der Waals surface area contributed by atoms with Gasteiger partial charge in [-0.3, -0.25) is 9.69 Å². The molecule has 0 amide bonds. The highest BCUT2D eigenvalue weighted by Crippen LogP contribution is 2.38. The summed E-state index contributed by atoms with van der Waals surface area (Å²) in [5, 5.41) is 4.62. The van der Waals surface area contributed by atoms with Crippen molar-refractivity contribution in [1.82, 2.24) is 24.6 Å². The zero-order valence-electron chi connectivity index (χ0n) is 15.8. The summed E-state index contributed by atoms with van der Waals surface area (Å²) in [5.74, 6) is 2.76. The fourth-order valence-electron chi connectivity index (χ4n) is 4.03. The maximum atomic E-state index is 12.2. The molecule has 0 spiro atoms. The Morgan fingerprint density at radius 1 is 0.963 bits per heavy atom. The first-order chi connectivity index (χ1) is 13.2. The molecule has 6 nitrogen and oxygen atoms in total. The second-order valence-electron chi connectivity index (χ2n) is 8.45. The molecule has 1 aliphatic heterocycles. The molecule has 2 aromatic rings. The van der Waals surface area contributed by atoms with Crippen LogP contribution >= 0.6 is 0 Å². The van der Waals surface area contributed by atoms with E-state index in [4.69, 9.17) is 4.98 Å². The molecule has 3 aliphatic rings. The van der Waals surface area contributed by atoms with Crippen molar-refractivity contribution >= 4 is 0 Å². The molecular formula is C21H27N5O. The third kappa shape index (κ3) is 4.10.